The van der Waals surface area contributed by atoms with Gasteiger partial charge in [-0.25, -0.2) is 14.4 Å². The van der Waals surface area contributed by atoms with E-state index in [0.29, 0.717) is 33.2 Å². The fraction of sp³-hybridized carbons (Fsp3) is 0.192. The highest BCUT2D eigenvalue weighted by Gasteiger charge is 2.34. The van der Waals surface area contributed by atoms with Crippen LogP contribution in [0, 0.1) is 17.7 Å². The molecule has 0 saturated heterocycles. The molecular formula is C26H21FN8O. The largest absolute Gasteiger partial charge is 0.383 e. The molecule has 3 N–H and O–H groups in total. The first-order chi connectivity index (χ1) is 17.5. The number of nitrogen functional groups attached to an aromatic ring is 1. The number of imidazole rings is 1. The maximum Gasteiger partial charge on any atom is 0.257 e. The maximum atomic E-state index is 15.2. The minimum absolute atomic E-state index is 0.00878. The lowest BCUT2D eigenvalue weighted by atomic mass is 10.1. The van der Waals surface area contributed by atoms with Crippen LogP contribution in [-0.2, 0) is 13.6 Å². The number of aryl methyl sites for hydroxylation is 1. The van der Waals surface area contributed by atoms with Gasteiger partial charge in [-0.3, -0.25) is 14.5 Å². The van der Waals surface area contributed by atoms with Gasteiger partial charge in [-0.15, -0.1) is 0 Å². The number of aromatic nitrogens is 6. The molecule has 9 nitrogen and oxygen atoms in total. The fourth-order valence-corrected chi connectivity index (χ4v) is 4.28. The van der Waals surface area contributed by atoms with Crippen LogP contribution < -0.4 is 5.73 Å². The van der Waals surface area contributed by atoms with Crippen LogP contribution in [0.2, 0.25) is 0 Å². The zero-order valence-corrected chi connectivity index (χ0v) is 19.4. The predicted molar refractivity (Wildman–Crippen MR) is 132 cm³/mol. The highest BCUT2D eigenvalue weighted by Crippen LogP contribution is 2.33. The van der Waals surface area contributed by atoms with Gasteiger partial charge in [-0.2, -0.15) is 5.10 Å². The molecule has 0 atom stereocenters. The third-order valence-corrected chi connectivity index (χ3v) is 6.27. The van der Waals surface area contributed by atoms with E-state index in [1.807, 2.05) is 12.1 Å². The highest BCUT2D eigenvalue weighted by molar-refractivity contribution is 6.10. The van der Waals surface area contributed by atoms with Crippen LogP contribution in [0.15, 0.2) is 49.2 Å². The minimum Gasteiger partial charge on any atom is -0.383 e. The highest BCUT2D eigenvalue weighted by atomic mass is 19.1. The first kappa shape index (κ1) is 21.7. The molecule has 1 aliphatic rings. The zero-order valence-electron chi connectivity index (χ0n) is 19.4. The first-order valence-corrected chi connectivity index (χ1v) is 11.4. The maximum absolute atomic E-state index is 15.2. The smallest absolute Gasteiger partial charge is 0.257 e. The van der Waals surface area contributed by atoms with Gasteiger partial charge in [0.25, 0.3) is 5.91 Å². The van der Waals surface area contributed by atoms with Crippen molar-refractivity contribution in [1.29, 1.82) is 0 Å². The van der Waals surface area contributed by atoms with E-state index in [1.54, 1.807) is 47.6 Å². The average molecular weight is 481 g/mol. The predicted octanol–water partition coefficient (Wildman–Crippen LogP) is 3.17. The van der Waals surface area contributed by atoms with E-state index in [1.165, 1.54) is 6.07 Å². The number of nitrogens with two attached hydrogens (primary N) is 1. The summed E-state index contributed by atoms with van der Waals surface area (Å²) in [6, 6.07) is 6.56. The molecule has 0 radical (unpaired) electrons. The lowest BCUT2D eigenvalue weighted by Gasteiger charge is -2.22. The molecule has 0 spiro atoms. The Kier molecular flexibility index (Phi) is 5.11. The fourth-order valence-electron chi connectivity index (χ4n) is 4.28. The SMILES string of the molecule is Cn1ncc2c(N)nc3cc(F)c(C(=O)N(Cc4ccc(C#Cc5cnc[nH]5)cn4)C4CC4)cc3c21. The van der Waals surface area contributed by atoms with Gasteiger partial charge < -0.3 is 15.6 Å². The second kappa shape index (κ2) is 8.46. The Labute approximate surface area is 205 Å². The molecule has 6 rings (SSSR count). The Morgan fingerprint density at radius 3 is 2.81 bits per heavy atom. The van der Waals surface area contributed by atoms with E-state index in [-0.39, 0.29) is 29.9 Å². The molecule has 10 heteroatoms. The number of rotatable bonds is 4. The summed E-state index contributed by atoms with van der Waals surface area (Å²) >= 11 is 0. The summed E-state index contributed by atoms with van der Waals surface area (Å²) in [5.74, 6) is 5.25. The minimum atomic E-state index is -0.635. The van der Waals surface area contributed by atoms with Crippen LogP contribution >= 0.6 is 0 Å². The van der Waals surface area contributed by atoms with Crippen molar-refractivity contribution in [2.24, 2.45) is 7.05 Å². The molecule has 1 aromatic carbocycles. The molecule has 4 aromatic heterocycles. The van der Waals surface area contributed by atoms with Gasteiger partial charge in [0.2, 0.25) is 0 Å². The molecule has 0 unspecified atom stereocenters. The standard InChI is InChI=1S/C26H21FN8O/c1-34-24-20-8-19(22(27)9-23(20)33-25(28)21(24)12-32-34)26(36)35(18-6-7-18)13-17-5-3-15(10-30-17)2-4-16-11-29-14-31-16/h3,5,8-12,14,18H,6-7,13H2,1H3,(H2,28,33)(H,29,31). The summed E-state index contributed by atoms with van der Waals surface area (Å²) in [6.45, 7) is 0.274. The average Bonchev–Trinajstić information content (AvgIpc) is 3.42. The van der Waals surface area contributed by atoms with E-state index < -0.39 is 5.82 Å². The number of hydrogen-bond donors (Lipinski definition) is 2. The summed E-state index contributed by atoms with van der Waals surface area (Å²) in [5, 5.41) is 5.54. The number of H-pyrrole nitrogens is 1. The van der Waals surface area contributed by atoms with Crippen molar-refractivity contribution in [2.45, 2.75) is 25.4 Å². The van der Waals surface area contributed by atoms with Gasteiger partial charge in [0.15, 0.2) is 0 Å². The summed E-state index contributed by atoms with van der Waals surface area (Å²) < 4.78 is 16.8. The van der Waals surface area contributed by atoms with Crippen molar-refractivity contribution in [1.82, 2.24) is 34.6 Å². The Morgan fingerprint density at radius 1 is 1.22 bits per heavy atom. The van der Waals surface area contributed by atoms with Crippen molar-refractivity contribution < 1.29 is 9.18 Å². The molecule has 0 bridgehead atoms. The van der Waals surface area contributed by atoms with Gasteiger partial charge >= 0.3 is 0 Å². The van der Waals surface area contributed by atoms with E-state index in [4.69, 9.17) is 5.73 Å². The van der Waals surface area contributed by atoms with E-state index in [0.717, 1.165) is 18.4 Å². The number of anilines is 1. The number of pyridine rings is 2. The molecule has 0 aliphatic heterocycles. The molecule has 1 fully saturated rings. The monoisotopic (exact) mass is 480 g/mol. The second-order valence-electron chi connectivity index (χ2n) is 8.79. The number of hydrogen-bond acceptors (Lipinski definition) is 6. The van der Waals surface area contributed by atoms with Gasteiger partial charge in [0.1, 0.15) is 17.3 Å². The summed E-state index contributed by atoms with van der Waals surface area (Å²) in [4.78, 5) is 30.9. The van der Waals surface area contributed by atoms with Crippen LogP contribution in [0.3, 0.4) is 0 Å². The Balaban J connectivity index is 1.31. The zero-order chi connectivity index (χ0) is 24.8. The van der Waals surface area contributed by atoms with Gasteiger partial charge in [0, 0.05) is 36.3 Å². The van der Waals surface area contributed by atoms with E-state index in [9.17, 15) is 4.79 Å². The second-order valence-corrected chi connectivity index (χ2v) is 8.79. The number of halogens is 1. The van der Waals surface area contributed by atoms with Gasteiger partial charge in [-0.1, -0.05) is 5.92 Å². The van der Waals surface area contributed by atoms with Crippen LogP contribution in [-0.4, -0.2) is 46.6 Å². The van der Waals surface area contributed by atoms with Crippen molar-refractivity contribution in [3.8, 4) is 11.8 Å². The lowest BCUT2D eigenvalue weighted by Crippen LogP contribution is -2.33. The summed E-state index contributed by atoms with van der Waals surface area (Å²) in [5.41, 5.74) is 9.27. The van der Waals surface area contributed by atoms with Crippen LogP contribution in [0.25, 0.3) is 21.8 Å². The third kappa shape index (κ3) is 3.90. The molecule has 5 aromatic rings. The van der Waals surface area contributed by atoms with Crippen LogP contribution in [0.5, 0.6) is 0 Å². The Hall–Kier alpha value is -4.78. The molecule has 4 heterocycles. The number of carbonyl (C=O) groups excluding carboxylic acids is 1. The third-order valence-electron chi connectivity index (χ3n) is 6.27. The Bertz CT molecular complexity index is 1680. The van der Waals surface area contributed by atoms with Crippen molar-refractivity contribution >= 4 is 33.5 Å². The molecule has 1 saturated carbocycles. The topological polar surface area (TPSA) is 119 Å². The first-order valence-electron chi connectivity index (χ1n) is 11.4. The quantitative estimate of drug-likeness (QED) is 0.382. The van der Waals surface area contributed by atoms with Crippen molar-refractivity contribution in [3.63, 3.8) is 0 Å². The summed E-state index contributed by atoms with van der Waals surface area (Å²) in [6.07, 6.45) is 8.24. The molecular weight excluding hydrogens is 459 g/mol. The molecule has 1 amide bonds. The summed E-state index contributed by atoms with van der Waals surface area (Å²) in [7, 11) is 1.78. The number of benzene rings is 1. The van der Waals surface area contributed by atoms with Crippen molar-refractivity contribution in [3.05, 3.63) is 77.5 Å². The van der Waals surface area contributed by atoms with Crippen molar-refractivity contribution in [2.75, 3.05) is 5.73 Å². The molecule has 36 heavy (non-hydrogen) atoms. The van der Waals surface area contributed by atoms with E-state index in [2.05, 4.69) is 36.9 Å². The number of nitrogens with zero attached hydrogens (tertiary/aromatic N) is 6. The molecule has 1 aliphatic carbocycles. The van der Waals surface area contributed by atoms with Crippen LogP contribution in [0.4, 0.5) is 10.2 Å². The Morgan fingerprint density at radius 2 is 2.08 bits per heavy atom. The molecule has 178 valence electrons. The number of carbonyl (C=O) groups is 1. The number of nitrogens with one attached hydrogen (secondary N) is 1. The van der Waals surface area contributed by atoms with Gasteiger partial charge in [0.05, 0.1) is 52.9 Å². The normalized spacial score (nSPS) is 13.1. The number of amides is 1. The number of aromatic amines is 1. The van der Waals surface area contributed by atoms with Crippen LogP contribution in [0.1, 0.15) is 40.2 Å². The van der Waals surface area contributed by atoms with E-state index >= 15 is 4.39 Å². The lowest BCUT2D eigenvalue weighted by molar-refractivity contribution is 0.0723. The number of fused-ring (bicyclic) bond motifs is 3. The van der Waals surface area contributed by atoms with Gasteiger partial charge in [-0.05, 0) is 37.0 Å².